The van der Waals surface area contributed by atoms with Gasteiger partial charge in [0.25, 0.3) is 5.91 Å². The first-order valence-electron chi connectivity index (χ1n) is 11.4. The zero-order chi connectivity index (χ0) is 24.9. The van der Waals surface area contributed by atoms with Crippen LogP contribution in [0.1, 0.15) is 29.8 Å². The number of amides is 2. The molecule has 2 amide bonds. The van der Waals surface area contributed by atoms with Crippen molar-refractivity contribution < 1.29 is 14.0 Å². The third-order valence-corrected chi connectivity index (χ3v) is 5.61. The number of hydrogen-bond donors (Lipinski definition) is 1. The Labute approximate surface area is 204 Å². The van der Waals surface area contributed by atoms with Gasteiger partial charge in [-0.3, -0.25) is 9.59 Å². The molecule has 4 aromatic rings. The normalized spacial score (nSPS) is 10.9. The van der Waals surface area contributed by atoms with Crippen molar-refractivity contribution in [1.29, 1.82) is 0 Å². The van der Waals surface area contributed by atoms with Crippen LogP contribution < -0.4 is 5.32 Å². The second-order valence-corrected chi connectivity index (χ2v) is 8.61. The molecule has 0 unspecified atom stereocenters. The van der Waals surface area contributed by atoms with Crippen molar-refractivity contribution in [2.45, 2.75) is 26.8 Å². The van der Waals surface area contributed by atoms with Crippen molar-refractivity contribution in [2.24, 2.45) is 0 Å². The number of hydrogen-bond acceptors (Lipinski definition) is 3. The minimum absolute atomic E-state index is 0.125. The molecule has 3 aromatic carbocycles. The topological polar surface area (TPSA) is 67.2 Å². The van der Waals surface area contributed by atoms with E-state index < -0.39 is 0 Å². The predicted octanol–water partition coefficient (Wildman–Crippen LogP) is 5.48. The summed E-state index contributed by atoms with van der Waals surface area (Å²) < 4.78 is 15.1. The molecular formula is C28H27FN4O2. The van der Waals surface area contributed by atoms with E-state index in [2.05, 4.69) is 10.4 Å². The van der Waals surface area contributed by atoms with E-state index in [4.69, 9.17) is 0 Å². The molecule has 35 heavy (non-hydrogen) atoms. The molecule has 0 atom stereocenters. The molecule has 0 aliphatic heterocycles. The molecule has 1 aromatic heterocycles. The fourth-order valence-corrected chi connectivity index (χ4v) is 3.69. The standard InChI is InChI=1S/C28H27FN4O2/c1-19(2)32(28(35)22-11-9-20(3)10-12-22)18-27(34)30-26-17-25(21-7-5-4-6-8-21)31-33(26)24-15-13-23(29)14-16-24/h4-17,19H,18H2,1-3H3,(H,30,34). The van der Waals surface area contributed by atoms with Crippen LogP contribution in [-0.4, -0.2) is 39.1 Å². The van der Waals surface area contributed by atoms with Crippen molar-refractivity contribution in [3.05, 3.63) is 102 Å². The number of nitrogens with one attached hydrogen (secondary N) is 1. The summed E-state index contributed by atoms with van der Waals surface area (Å²) in [4.78, 5) is 27.7. The summed E-state index contributed by atoms with van der Waals surface area (Å²) in [6, 6.07) is 24.3. The van der Waals surface area contributed by atoms with E-state index in [1.54, 1.807) is 35.0 Å². The Morgan fingerprint density at radius 2 is 1.63 bits per heavy atom. The zero-order valence-electron chi connectivity index (χ0n) is 19.9. The highest BCUT2D eigenvalue weighted by Gasteiger charge is 2.23. The summed E-state index contributed by atoms with van der Waals surface area (Å²) in [5, 5.41) is 7.53. The number of aryl methyl sites for hydroxylation is 1. The van der Waals surface area contributed by atoms with E-state index in [9.17, 15) is 14.0 Å². The first-order chi connectivity index (χ1) is 16.8. The van der Waals surface area contributed by atoms with Crippen LogP contribution in [0.2, 0.25) is 0 Å². The number of carbonyl (C=O) groups is 2. The van der Waals surface area contributed by atoms with Gasteiger partial charge in [0, 0.05) is 23.2 Å². The van der Waals surface area contributed by atoms with E-state index in [1.165, 1.54) is 17.0 Å². The SMILES string of the molecule is Cc1ccc(C(=O)N(CC(=O)Nc2cc(-c3ccccc3)nn2-c2ccc(F)cc2)C(C)C)cc1. The lowest BCUT2D eigenvalue weighted by Gasteiger charge is -2.26. The third kappa shape index (κ3) is 5.63. The van der Waals surface area contributed by atoms with Gasteiger partial charge in [-0.05, 0) is 57.2 Å². The number of benzene rings is 3. The summed E-state index contributed by atoms with van der Waals surface area (Å²) in [7, 11) is 0. The molecule has 1 N–H and O–H groups in total. The molecule has 1 heterocycles. The average molecular weight is 471 g/mol. The summed E-state index contributed by atoms with van der Waals surface area (Å²) in [5.74, 6) is -0.516. The van der Waals surface area contributed by atoms with Gasteiger partial charge in [0.2, 0.25) is 5.91 Å². The molecule has 0 aliphatic carbocycles. The van der Waals surface area contributed by atoms with Crippen molar-refractivity contribution >= 4 is 17.6 Å². The van der Waals surface area contributed by atoms with Gasteiger partial charge in [-0.15, -0.1) is 0 Å². The predicted molar refractivity (Wildman–Crippen MR) is 135 cm³/mol. The van der Waals surface area contributed by atoms with Crippen LogP contribution in [-0.2, 0) is 4.79 Å². The second-order valence-electron chi connectivity index (χ2n) is 8.61. The smallest absolute Gasteiger partial charge is 0.254 e. The van der Waals surface area contributed by atoms with Gasteiger partial charge in [-0.25, -0.2) is 9.07 Å². The van der Waals surface area contributed by atoms with Crippen molar-refractivity contribution in [2.75, 3.05) is 11.9 Å². The highest BCUT2D eigenvalue weighted by molar-refractivity contribution is 5.99. The quantitative estimate of drug-likeness (QED) is 0.389. The van der Waals surface area contributed by atoms with Crippen LogP contribution in [0.5, 0.6) is 0 Å². The summed E-state index contributed by atoms with van der Waals surface area (Å²) in [6.45, 7) is 5.57. The fourth-order valence-electron chi connectivity index (χ4n) is 3.69. The minimum atomic E-state index is -0.364. The Hall–Kier alpha value is -4.26. The Morgan fingerprint density at radius 1 is 0.971 bits per heavy atom. The monoisotopic (exact) mass is 470 g/mol. The molecule has 0 radical (unpaired) electrons. The lowest BCUT2D eigenvalue weighted by atomic mass is 10.1. The van der Waals surface area contributed by atoms with Crippen molar-refractivity contribution in [3.8, 4) is 16.9 Å². The number of halogens is 1. The molecule has 6 nitrogen and oxygen atoms in total. The Bertz CT molecular complexity index is 1310. The van der Waals surface area contributed by atoms with E-state index in [-0.39, 0.29) is 30.2 Å². The number of carbonyl (C=O) groups excluding carboxylic acids is 2. The Kier molecular flexibility index (Phi) is 7.06. The van der Waals surface area contributed by atoms with Gasteiger partial charge < -0.3 is 10.2 Å². The number of nitrogens with zero attached hydrogens (tertiary/aromatic N) is 3. The molecule has 0 bridgehead atoms. The Morgan fingerprint density at radius 3 is 2.26 bits per heavy atom. The average Bonchev–Trinajstić information content (AvgIpc) is 3.27. The molecule has 0 fully saturated rings. The molecular weight excluding hydrogens is 443 g/mol. The number of aromatic nitrogens is 2. The lowest BCUT2D eigenvalue weighted by molar-refractivity contribution is -0.117. The molecule has 0 saturated carbocycles. The summed E-state index contributed by atoms with van der Waals surface area (Å²) in [5.41, 5.74) is 3.71. The fraction of sp³-hybridized carbons (Fsp3) is 0.179. The summed E-state index contributed by atoms with van der Waals surface area (Å²) in [6.07, 6.45) is 0. The van der Waals surface area contributed by atoms with Gasteiger partial charge in [0.15, 0.2) is 0 Å². The van der Waals surface area contributed by atoms with Crippen LogP contribution >= 0.6 is 0 Å². The van der Waals surface area contributed by atoms with Gasteiger partial charge >= 0.3 is 0 Å². The first-order valence-corrected chi connectivity index (χ1v) is 11.4. The molecule has 178 valence electrons. The van der Waals surface area contributed by atoms with Crippen LogP contribution in [0, 0.1) is 12.7 Å². The molecule has 7 heteroatoms. The van der Waals surface area contributed by atoms with E-state index in [1.807, 2.05) is 63.2 Å². The van der Waals surface area contributed by atoms with Crippen LogP contribution in [0.3, 0.4) is 0 Å². The minimum Gasteiger partial charge on any atom is -0.327 e. The number of rotatable bonds is 7. The lowest BCUT2D eigenvalue weighted by Crippen LogP contribution is -2.42. The van der Waals surface area contributed by atoms with Crippen LogP contribution in [0.4, 0.5) is 10.2 Å². The first kappa shape index (κ1) is 23.9. The van der Waals surface area contributed by atoms with E-state index in [0.717, 1.165) is 11.1 Å². The van der Waals surface area contributed by atoms with Gasteiger partial charge in [-0.2, -0.15) is 5.10 Å². The molecule has 0 saturated heterocycles. The van der Waals surface area contributed by atoms with Gasteiger partial charge in [0.05, 0.1) is 11.4 Å². The molecule has 4 rings (SSSR count). The summed E-state index contributed by atoms with van der Waals surface area (Å²) >= 11 is 0. The van der Waals surface area contributed by atoms with Crippen LogP contribution in [0.25, 0.3) is 16.9 Å². The second kappa shape index (κ2) is 10.3. The maximum absolute atomic E-state index is 13.5. The maximum atomic E-state index is 13.5. The zero-order valence-corrected chi connectivity index (χ0v) is 19.9. The van der Waals surface area contributed by atoms with Gasteiger partial charge in [0.1, 0.15) is 18.2 Å². The number of anilines is 1. The van der Waals surface area contributed by atoms with Crippen molar-refractivity contribution in [3.63, 3.8) is 0 Å². The van der Waals surface area contributed by atoms with E-state index in [0.29, 0.717) is 22.8 Å². The maximum Gasteiger partial charge on any atom is 0.254 e. The van der Waals surface area contributed by atoms with Gasteiger partial charge in [-0.1, -0.05) is 48.0 Å². The molecule has 0 aliphatic rings. The van der Waals surface area contributed by atoms with Crippen LogP contribution in [0.15, 0.2) is 84.9 Å². The highest BCUT2D eigenvalue weighted by Crippen LogP contribution is 2.25. The van der Waals surface area contributed by atoms with Crippen molar-refractivity contribution in [1.82, 2.24) is 14.7 Å². The molecule has 0 spiro atoms. The highest BCUT2D eigenvalue weighted by atomic mass is 19.1. The largest absolute Gasteiger partial charge is 0.327 e. The van der Waals surface area contributed by atoms with E-state index >= 15 is 0 Å². The third-order valence-electron chi connectivity index (χ3n) is 5.61. The Balaban J connectivity index is 1.60.